The van der Waals surface area contributed by atoms with E-state index in [9.17, 15) is 0 Å². The normalized spacial score (nSPS) is 11.4. The fourth-order valence-corrected chi connectivity index (χ4v) is 2.77. The van der Waals surface area contributed by atoms with Gasteiger partial charge >= 0.3 is 0 Å². The standard InChI is InChI=1S/C19H21ClN6O/c1-21-19(26(2)13-14-7-3-4-8-15(14)20)23-12-10-17-24-18(27-25-17)16-9-5-6-11-22-16/h3-9,11H,10,12-13H2,1-2H3,(H,21,23). The van der Waals surface area contributed by atoms with Crippen molar-refractivity contribution in [3.8, 4) is 11.6 Å². The predicted octanol–water partition coefficient (Wildman–Crippen LogP) is 3.03. The summed E-state index contributed by atoms with van der Waals surface area (Å²) in [5.74, 6) is 1.81. The second-order valence-corrected chi connectivity index (χ2v) is 6.31. The van der Waals surface area contributed by atoms with E-state index in [2.05, 4.69) is 25.4 Å². The first kappa shape index (κ1) is 18.8. The van der Waals surface area contributed by atoms with Gasteiger partial charge in [-0.3, -0.25) is 9.98 Å². The lowest BCUT2D eigenvalue weighted by Gasteiger charge is -2.22. The number of nitrogens with one attached hydrogen (secondary N) is 1. The number of rotatable bonds is 6. The zero-order valence-corrected chi connectivity index (χ0v) is 16.0. The Labute approximate surface area is 163 Å². The van der Waals surface area contributed by atoms with E-state index in [0.29, 0.717) is 36.9 Å². The number of aliphatic imine (C=N–C) groups is 1. The lowest BCUT2D eigenvalue weighted by atomic mass is 10.2. The Bertz CT molecular complexity index is 896. The molecule has 0 amide bonds. The van der Waals surface area contributed by atoms with Crippen molar-refractivity contribution in [3.05, 3.63) is 65.1 Å². The highest BCUT2D eigenvalue weighted by Gasteiger charge is 2.11. The van der Waals surface area contributed by atoms with Crippen LogP contribution in [0.1, 0.15) is 11.4 Å². The van der Waals surface area contributed by atoms with Gasteiger partial charge in [-0.05, 0) is 23.8 Å². The molecular formula is C19H21ClN6O. The highest BCUT2D eigenvalue weighted by atomic mass is 35.5. The van der Waals surface area contributed by atoms with Gasteiger partial charge in [0.25, 0.3) is 5.89 Å². The molecule has 27 heavy (non-hydrogen) atoms. The molecule has 8 heteroatoms. The Morgan fingerprint density at radius 2 is 2.04 bits per heavy atom. The molecule has 2 aromatic heterocycles. The summed E-state index contributed by atoms with van der Waals surface area (Å²) in [6, 6.07) is 13.3. The third-order valence-corrected chi connectivity index (χ3v) is 4.29. The van der Waals surface area contributed by atoms with Gasteiger partial charge in [-0.2, -0.15) is 4.98 Å². The maximum Gasteiger partial charge on any atom is 0.276 e. The third kappa shape index (κ3) is 5.04. The lowest BCUT2D eigenvalue weighted by Crippen LogP contribution is -2.39. The first-order valence-electron chi connectivity index (χ1n) is 8.56. The van der Waals surface area contributed by atoms with Crippen molar-refractivity contribution in [3.63, 3.8) is 0 Å². The Morgan fingerprint density at radius 1 is 1.22 bits per heavy atom. The number of hydrogen-bond acceptors (Lipinski definition) is 5. The van der Waals surface area contributed by atoms with Gasteiger partial charge in [0.2, 0.25) is 0 Å². The largest absolute Gasteiger partial charge is 0.356 e. The van der Waals surface area contributed by atoms with Crippen molar-refractivity contribution < 1.29 is 4.52 Å². The van der Waals surface area contributed by atoms with Crippen LogP contribution in [-0.4, -0.2) is 46.6 Å². The Hall–Kier alpha value is -2.93. The molecule has 3 rings (SSSR count). The van der Waals surface area contributed by atoms with E-state index in [-0.39, 0.29) is 0 Å². The van der Waals surface area contributed by atoms with Crippen LogP contribution in [0, 0.1) is 0 Å². The van der Waals surface area contributed by atoms with Gasteiger partial charge in [-0.1, -0.05) is 41.0 Å². The van der Waals surface area contributed by atoms with Crippen LogP contribution in [0.3, 0.4) is 0 Å². The monoisotopic (exact) mass is 384 g/mol. The summed E-state index contributed by atoms with van der Waals surface area (Å²) < 4.78 is 5.27. The number of halogens is 1. The molecule has 0 saturated carbocycles. The molecule has 1 N–H and O–H groups in total. The van der Waals surface area contributed by atoms with Crippen LogP contribution in [0.4, 0.5) is 0 Å². The maximum atomic E-state index is 6.23. The second kappa shape index (κ2) is 9.14. The van der Waals surface area contributed by atoms with E-state index < -0.39 is 0 Å². The molecule has 3 aromatic rings. The topological polar surface area (TPSA) is 79.4 Å². The zero-order chi connectivity index (χ0) is 19.1. The minimum Gasteiger partial charge on any atom is -0.356 e. The molecule has 0 bridgehead atoms. The number of guanidine groups is 1. The summed E-state index contributed by atoms with van der Waals surface area (Å²) in [4.78, 5) is 14.9. The molecule has 0 aliphatic heterocycles. The van der Waals surface area contributed by atoms with Crippen LogP contribution in [0.2, 0.25) is 5.02 Å². The molecule has 140 valence electrons. The lowest BCUT2D eigenvalue weighted by molar-refractivity contribution is 0.420. The van der Waals surface area contributed by atoms with Crippen LogP contribution < -0.4 is 5.32 Å². The SMILES string of the molecule is CN=C(NCCc1noc(-c2ccccn2)n1)N(C)Cc1ccccc1Cl. The highest BCUT2D eigenvalue weighted by molar-refractivity contribution is 6.31. The van der Waals surface area contributed by atoms with E-state index in [0.717, 1.165) is 16.5 Å². The summed E-state index contributed by atoms with van der Waals surface area (Å²) >= 11 is 6.23. The number of hydrogen-bond donors (Lipinski definition) is 1. The van der Waals surface area contributed by atoms with Gasteiger partial charge in [0.15, 0.2) is 11.8 Å². The van der Waals surface area contributed by atoms with E-state index in [1.807, 2.05) is 54.4 Å². The van der Waals surface area contributed by atoms with Crippen LogP contribution in [0.5, 0.6) is 0 Å². The minimum absolute atomic E-state index is 0.422. The van der Waals surface area contributed by atoms with Crippen molar-refractivity contribution in [1.29, 1.82) is 0 Å². The summed E-state index contributed by atoms with van der Waals surface area (Å²) in [6.45, 7) is 1.28. The summed E-state index contributed by atoms with van der Waals surface area (Å²) in [5.41, 5.74) is 1.71. The third-order valence-electron chi connectivity index (χ3n) is 3.92. The van der Waals surface area contributed by atoms with Crippen LogP contribution in [0.15, 0.2) is 58.2 Å². The van der Waals surface area contributed by atoms with E-state index in [4.69, 9.17) is 16.1 Å². The van der Waals surface area contributed by atoms with Crippen molar-refractivity contribution in [2.24, 2.45) is 4.99 Å². The fourth-order valence-electron chi connectivity index (χ4n) is 2.58. The van der Waals surface area contributed by atoms with E-state index >= 15 is 0 Å². The Kier molecular flexibility index (Phi) is 6.38. The first-order valence-corrected chi connectivity index (χ1v) is 8.94. The zero-order valence-electron chi connectivity index (χ0n) is 15.3. The van der Waals surface area contributed by atoms with E-state index in [1.165, 1.54) is 0 Å². The average Bonchev–Trinajstić information content (AvgIpc) is 3.16. The molecule has 0 aliphatic rings. The number of nitrogens with zero attached hydrogens (tertiary/aromatic N) is 5. The summed E-state index contributed by atoms with van der Waals surface area (Å²) in [7, 11) is 3.71. The first-order chi connectivity index (χ1) is 13.2. The Morgan fingerprint density at radius 3 is 2.78 bits per heavy atom. The van der Waals surface area contributed by atoms with Crippen LogP contribution in [-0.2, 0) is 13.0 Å². The van der Waals surface area contributed by atoms with Gasteiger partial charge in [0.1, 0.15) is 5.69 Å². The van der Waals surface area contributed by atoms with Crippen molar-refractivity contribution in [2.75, 3.05) is 20.6 Å². The molecule has 7 nitrogen and oxygen atoms in total. The second-order valence-electron chi connectivity index (χ2n) is 5.90. The molecule has 0 spiro atoms. The Balaban J connectivity index is 1.53. The molecule has 0 radical (unpaired) electrons. The molecule has 2 heterocycles. The molecular weight excluding hydrogens is 364 g/mol. The predicted molar refractivity (Wildman–Crippen MR) is 106 cm³/mol. The van der Waals surface area contributed by atoms with Crippen molar-refractivity contribution >= 4 is 17.6 Å². The van der Waals surface area contributed by atoms with Crippen LogP contribution in [0.25, 0.3) is 11.6 Å². The molecule has 1 aromatic carbocycles. The fraction of sp³-hybridized carbons (Fsp3) is 0.263. The maximum absolute atomic E-state index is 6.23. The number of aromatic nitrogens is 3. The minimum atomic E-state index is 0.422. The quantitative estimate of drug-likeness (QED) is 0.519. The molecule has 0 aliphatic carbocycles. The van der Waals surface area contributed by atoms with E-state index in [1.54, 1.807) is 13.2 Å². The van der Waals surface area contributed by atoms with Crippen molar-refractivity contribution in [2.45, 2.75) is 13.0 Å². The smallest absolute Gasteiger partial charge is 0.276 e. The number of benzene rings is 1. The van der Waals surface area contributed by atoms with Gasteiger partial charge in [0.05, 0.1) is 0 Å². The molecule has 0 saturated heterocycles. The van der Waals surface area contributed by atoms with Crippen LogP contribution >= 0.6 is 11.6 Å². The van der Waals surface area contributed by atoms with Gasteiger partial charge in [-0.15, -0.1) is 0 Å². The summed E-state index contributed by atoms with van der Waals surface area (Å²) in [6.07, 6.45) is 2.30. The molecule has 0 atom stereocenters. The van der Waals surface area contributed by atoms with Gasteiger partial charge < -0.3 is 14.7 Å². The highest BCUT2D eigenvalue weighted by Crippen LogP contribution is 2.16. The summed E-state index contributed by atoms with van der Waals surface area (Å²) in [5, 5.41) is 8.05. The average molecular weight is 385 g/mol. The van der Waals surface area contributed by atoms with Gasteiger partial charge in [0, 0.05) is 44.8 Å². The molecule has 0 fully saturated rings. The number of pyridine rings is 1. The van der Waals surface area contributed by atoms with Crippen molar-refractivity contribution in [1.82, 2.24) is 25.3 Å². The molecule has 0 unspecified atom stereocenters. The van der Waals surface area contributed by atoms with Gasteiger partial charge in [-0.25, -0.2) is 0 Å².